The molecule has 0 atom stereocenters. The predicted molar refractivity (Wildman–Crippen MR) is 98.1 cm³/mol. The first kappa shape index (κ1) is 18.7. The van der Waals surface area contributed by atoms with Crippen LogP contribution in [0.4, 0.5) is 10.1 Å². The number of ether oxygens (including phenoxy) is 2. The van der Waals surface area contributed by atoms with Gasteiger partial charge in [0.15, 0.2) is 13.2 Å². The van der Waals surface area contributed by atoms with Crippen molar-refractivity contribution < 1.29 is 23.5 Å². The van der Waals surface area contributed by atoms with E-state index < -0.39 is 11.8 Å². The summed E-state index contributed by atoms with van der Waals surface area (Å²) in [5.41, 5.74) is 1.13. The molecule has 1 aliphatic heterocycles. The van der Waals surface area contributed by atoms with Gasteiger partial charge in [-0.25, -0.2) is 9.18 Å². The minimum atomic E-state index is -0.671. The van der Waals surface area contributed by atoms with Gasteiger partial charge in [-0.2, -0.15) is 0 Å². The van der Waals surface area contributed by atoms with Crippen LogP contribution < -0.4 is 9.64 Å². The van der Waals surface area contributed by atoms with Gasteiger partial charge in [0.25, 0.3) is 5.91 Å². The van der Waals surface area contributed by atoms with Crippen molar-refractivity contribution in [3.63, 3.8) is 0 Å². The zero-order valence-corrected chi connectivity index (χ0v) is 14.8. The molecule has 0 aliphatic carbocycles. The van der Waals surface area contributed by atoms with Gasteiger partial charge in [-0.05, 0) is 24.3 Å². The second kappa shape index (κ2) is 9.02. The van der Waals surface area contributed by atoms with Crippen LogP contribution in [-0.4, -0.2) is 56.2 Å². The Bertz CT molecular complexity index is 777. The molecule has 0 saturated carbocycles. The maximum atomic E-state index is 13.0. The number of nitrogens with zero attached hydrogens (tertiary/aromatic N) is 2. The van der Waals surface area contributed by atoms with E-state index in [1.54, 1.807) is 4.90 Å². The third-order valence-electron chi connectivity index (χ3n) is 4.26. The van der Waals surface area contributed by atoms with Crippen LogP contribution in [0.5, 0.6) is 5.75 Å². The largest absolute Gasteiger partial charge is 0.482 e. The van der Waals surface area contributed by atoms with E-state index in [1.807, 2.05) is 30.3 Å². The molecule has 0 radical (unpaired) electrons. The highest BCUT2D eigenvalue weighted by atomic mass is 19.1. The van der Waals surface area contributed by atoms with E-state index in [4.69, 9.17) is 9.47 Å². The molecule has 142 valence electrons. The van der Waals surface area contributed by atoms with Crippen LogP contribution in [0.1, 0.15) is 0 Å². The zero-order valence-electron chi connectivity index (χ0n) is 14.8. The van der Waals surface area contributed by atoms with Gasteiger partial charge >= 0.3 is 5.97 Å². The highest BCUT2D eigenvalue weighted by Crippen LogP contribution is 2.15. The molecule has 7 heteroatoms. The van der Waals surface area contributed by atoms with Crippen LogP contribution in [0.25, 0.3) is 0 Å². The van der Waals surface area contributed by atoms with E-state index in [0.717, 1.165) is 18.8 Å². The molecule has 0 aromatic heterocycles. The highest BCUT2D eigenvalue weighted by Gasteiger charge is 2.22. The van der Waals surface area contributed by atoms with Gasteiger partial charge in [-0.15, -0.1) is 0 Å². The molecule has 1 aliphatic rings. The van der Waals surface area contributed by atoms with Gasteiger partial charge in [-0.3, -0.25) is 4.79 Å². The monoisotopic (exact) mass is 372 g/mol. The molecule has 0 spiro atoms. The summed E-state index contributed by atoms with van der Waals surface area (Å²) in [5, 5.41) is 0. The van der Waals surface area contributed by atoms with Crippen LogP contribution in [0.3, 0.4) is 0 Å². The number of para-hydroxylation sites is 1. The minimum absolute atomic E-state index is 0.232. The molecule has 2 aromatic rings. The van der Waals surface area contributed by atoms with E-state index in [0.29, 0.717) is 13.1 Å². The average molecular weight is 372 g/mol. The molecule has 2 aromatic carbocycles. The molecule has 0 unspecified atom stereocenters. The summed E-state index contributed by atoms with van der Waals surface area (Å²) in [6, 6.07) is 15.5. The number of hydrogen-bond donors (Lipinski definition) is 0. The highest BCUT2D eigenvalue weighted by molar-refractivity contribution is 5.81. The lowest BCUT2D eigenvalue weighted by Gasteiger charge is -2.36. The minimum Gasteiger partial charge on any atom is -0.482 e. The normalized spacial score (nSPS) is 14.0. The van der Waals surface area contributed by atoms with Gasteiger partial charge in [-0.1, -0.05) is 24.3 Å². The predicted octanol–water partition coefficient (Wildman–Crippen LogP) is 2.10. The van der Waals surface area contributed by atoms with Crippen LogP contribution >= 0.6 is 0 Å². The van der Waals surface area contributed by atoms with Crippen LogP contribution in [0, 0.1) is 5.82 Å². The quantitative estimate of drug-likeness (QED) is 0.727. The Kier molecular flexibility index (Phi) is 6.25. The summed E-state index contributed by atoms with van der Waals surface area (Å²) in [6.07, 6.45) is 0. The summed E-state index contributed by atoms with van der Waals surface area (Å²) < 4.78 is 23.1. The lowest BCUT2D eigenvalue weighted by atomic mass is 10.2. The Morgan fingerprint density at radius 2 is 1.67 bits per heavy atom. The molecule has 1 fully saturated rings. The standard InChI is InChI=1S/C20H21FN2O4/c21-16-5-4-8-18(13-16)26-15-20(25)27-14-19(24)23-11-9-22(10-12-23)17-6-2-1-3-7-17/h1-8,13H,9-12,14-15H2. The lowest BCUT2D eigenvalue weighted by Crippen LogP contribution is -2.50. The van der Waals surface area contributed by atoms with Crippen LogP contribution in [0.15, 0.2) is 54.6 Å². The second-order valence-electron chi connectivity index (χ2n) is 6.11. The summed E-state index contributed by atoms with van der Waals surface area (Å²) in [4.78, 5) is 27.8. The van der Waals surface area contributed by atoms with Crippen molar-refractivity contribution in [1.29, 1.82) is 0 Å². The lowest BCUT2D eigenvalue weighted by molar-refractivity contribution is -0.153. The molecule has 3 rings (SSSR count). The molecule has 0 bridgehead atoms. The third kappa shape index (κ3) is 5.44. The van der Waals surface area contributed by atoms with E-state index in [1.165, 1.54) is 24.3 Å². The third-order valence-corrected chi connectivity index (χ3v) is 4.26. The summed E-state index contributed by atoms with van der Waals surface area (Å²) in [7, 11) is 0. The molecule has 1 amide bonds. The summed E-state index contributed by atoms with van der Waals surface area (Å²) >= 11 is 0. The Balaban J connectivity index is 1.37. The fraction of sp³-hybridized carbons (Fsp3) is 0.300. The van der Waals surface area contributed by atoms with Crippen molar-refractivity contribution in [2.24, 2.45) is 0 Å². The van der Waals surface area contributed by atoms with E-state index in [9.17, 15) is 14.0 Å². The Morgan fingerprint density at radius 1 is 0.926 bits per heavy atom. The van der Waals surface area contributed by atoms with Crippen molar-refractivity contribution in [3.05, 3.63) is 60.4 Å². The first-order valence-corrected chi connectivity index (χ1v) is 8.73. The van der Waals surface area contributed by atoms with Crippen molar-refractivity contribution in [2.45, 2.75) is 0 Å². The van der Waals surface area contributed by atoms with Crippen molar-refractivity contribution in [1.82, 2.24) is 4.90 Å². The maximum absolute atomic E-state index is 13.0. The number of anilines is 1. The first-order chi connectivity index (χ1) is 13.1. The topological polar surface area (TPSA) is 59.1 Å². The Labute approximate surface area is 157 Å². The molecule has 1 saturated heterocycles. The van der Waals surface area contributed by atoms with Gasteiger partial charge in [0.2, 0.25) is 0 Å². The van der Waals surface area contributed by atoms with Crippen molar-refractivity contribution in [2.75, 3.05) is 44.3 Å². The molecular weight excluding hydrogens is 351 g/mol. The van der Waals surface area contributed by atoms with Gasteiger partial charge in [0.1, 0.15) is 11.6 Å². The van der Waals surface area contributed by atoms with E-state index in [-0.39, 0.29) is 24.9 Å². The average Bonchev–Trinajstić information content (AvgIpc) is 2.71. The SMILES string of the molecule is O=C(COc1cccc(F)c1)OCC(=O)N1CCN(c2ccccc2)CC1. The van der Waals surface area contributed by atoms with Crippen molar-refractivity contribution in [3.8, 4) is 5.75 Å². The van der Waals surface area contributed by atoms with Gasteiger partial charge in [0, 0.05) is 37.9 Å². The molecule has 27 heavy (non-hydrogen) atoms. The first-order valence-electron chi connectivity index (χ1n) is 8.73. The molecular formula is C20H21FN2O4. The van der Waals surface area contributed by atoms with E-state index >= 15 is 0 Å². The number of esters is 1. The van der Waals surface area contributed by atoms with Crippen molar-refractivity contribution >= 4 is 17.6 Å². The Hall–Kier alpha value is -3.09. The summed E-state index contributed by atoms with van der Waals surface area (Å²) in [6.45, 7) is 1.91. The number of piperazine rings is 1. The van der Waals surface area contributed by atoms with E-state index in [2.05, 4.69) is 4.90 Å². The Morgan fingerprint density at radius 3 is 2.37 bits per heavy atom. The number of rotatable bonds is 6. The number of amides is 1. The maximum Gasteiger partial charge on any atom is 0.344 e. The molecule has 6 nitrogen and oxygen atoms in total. The van der Waals surface area contributed by atoms with Gasteiger partial charge in [0.05, 0.1) is 0 Å². The smallest absolute Gasteiger partial charge is 0.344 e. The number of carbonyl (C=O) groups is 2. The van der Waals surface area contributed by atoms with Crippen LogP contribution in [-0.2, 0) is 14.3 Å². The van der Waals surface area contributed by atoms with Gasteiger partial charge < -0.3 is 19.3 Å². The number of hydrogen-bond acceptors (Lipinski definition) is 5. The zero-order chi connectivity index (χ0) is 19.1. The summed E-state index contributed by atoms with van der Waals surface area (Å²) in [5.74, 6) is -1.13. The van der Waals surface area contributed by atoms with Crippen LogP contribution in [0.2, 0.25) is 0 Å². The number of carbonyl (C=O) groups excluding carboxylic acids is 2. The second-order valence-corrected chi connectivity index (χ2v) is 6.11. The fourth-order valence-corrected chi connectivity index (χ4v) is 2.83. The molecule has 0 N–H and O–H groups in total. The number of halogens is 1. The number of benzene rings is 2. The molecule has 1 heterocycles. The fourth-order valence-electron chi connectivity index (χ4n) is 2.83.